The second-order valence-corrected chi connectivity index (χ2v) is 9.50. The number of piperidine rings is 1. The van der Waals surface area contributed by atoms with Crippen molar-refractivity contribution in [2.75, 3.05) is 43.9 Å². The highest BCUT2D eigenvalue weighted by atomic mass is 79.9. The quantitative estimate of drug-likeness (QED) is 0.447. The number of fused-ring (bicyclic) bond motifs is 1. The molecule has 11 heteroatoms. The van der Waals surface area contributed by atoms with Gasteiger partial charge in [0.15, 0.2) is 0 Å². The van der Waals surface area contributed by atoms with E-state index in [0.29, 0.717) is 42.9 Å². The predicted molar refractivity (Wildman–Crippen MR) is 132 cm³/mol. The molecule has 0 radical (unpaired) electrons. The highest BCUT2D eigenvalue weighted by Crippen LogP contribution is 2.31. The van der Waals surface area contributed by atoms with Gasteiger partial charge in [0.05, 0.1) is 11.1 Å². The van der Waals surface area contributed by atoms with Gasteiger partial charge < -0.3 is 19.9 Å². The normalized spacial score (nSPS) is 14.7. The Morgan fingerprint density at radius 2 is 1.89 bits per heavy atom. The van der Waals surface area contributed by atoms with Crippen molar-refractivity contribution in [2.45, 2.75) is 19.2 Å². The molecule has 0 bridgehead atoms. The molecule has 4 rings (SSSR count). The van der Waals surface area contributed by atoms with Gasteiger partial charge in [0.25, 0.3) is 5.91 Å². The number of aromatic nitrogens is 2. The fourth-order valence-electron chi connectivity index (χ4n) is 4.11. The Kier molecular flexibility index (Phi) is 7.34. The molecule has 1 aliphatic rings. The number of likely N-dealkylation sites (tertiary alicyclic amines) is 1. The fraction of sp³-hybridized carbons (Fsp3) is 0.375. The average Bonchev–Trinajstić information content (AvgIpc) is 2.81. The summed E-state index contributed by atoms with van der Waals surface area (Å²) in [7, 11) is 3.86. The van der Waals surface area contributed by atoms with Crippen molar-refractivity contribution in [2.24, 2.45) is 5.92 Å². The van der Waals surface area contributed by atoms with E-state index < -0.39 is 18.0 Å². The van der Waals surface area contributed by atoms with Gasteiger partial charge in [-0.25, -0.2) is 4.98 Å². The maximum atomic E-state index is 13.0. The monoisotopic (exact) mass is 551 g/mol. The highest BCUT2D eigenvalue weighted by molar-refractivity contribution is 9.10. The van der Waals surface area contributed by atoms with Crippen molar-refractivity contribution in [3.8, 4) is 5.75 Å². The van der Waals surface area contributed by atoms with Crippen LogP contribution >= 0.6 is 15.9 Å². The number of hydrogen-bond acceptors (Lipinski definition) is 6. The largest absolute Gasteiger partial charge is 0.573 e. The Balaban J connectivity index is 1.38. The van der Waals surface area contributed by atoms with Crippen LogP contribution in [0.3, 0.4) is 0 Å². The number of para-hydroxylation sites is 1. The van der Waals surface area contributed by atoms with Crippen LogP contribution in [0.5, 0.6) is 5.75 Å². The summed E-state index contributed by atoms with van der Waals surface area (Å²) >= 11 is 3.13. The first-order valence-corrected chi connectivity index (χ1v) is 11.9. The lowest BCUT2D eigenvalue weighted by atomic mass is 9.96. The van der Waals surface area contributed by atoms with Crippen LogP contribution in [0.15, 0.2) is 46.9 Å². The SMILES string of the molecule is CN(C)c1nc(NCC2CCN(C(=O)c3ccc(Br)cc3OC(F)(F)F)CC2)nc2ccccc12. The summed E-state index contributed by atoms with van der Waals surface area (Å²) in [4.78, 5) is 25.7. The highest BCUT2D eigenvalue weighted by Gasteiger charge is 2.34. The summed E-state index contributed by atoms with van der Waals surface area (Å²) in [6.45, 7) is 1.51. The predicted octanol–water partition coefficient (Wildman–Crippen LogP) is 5.32. The van der Waals surface area contributed by atoms with E-state index in [1.54, 1.807) is 4.90 Å². The van der Waals surface area contributed by atoms with Crippen LogP contribution in [0.25, 0.3) is 10.9 Å². The topological polar surface area (TPSA) is 70.6 Å². The number of nitrogens with one attached hydrogen (secondary N) is 1. The van der Waals surface area contributed by atoms with E-state index in [-0.39, 0.29) is 11.5 Å². The van der Waals surface area contributed by atoms with Crippen molar-refractivity contribution in [1.29, 1.82) is 0 Å². The smallest absolute Gasteiger partial charge is 0.405 e. The van der Waals surface area contributed by atoms with E-state index in [9.17, 15) is 18.0 Å². The zero-order valence-corrected chi connectivity index (χ0v) is 20.9. The number of carbonyl (C=O) groups excluding carboxylic acids is 1. The van der Waals surface area contributed by atoms with Gasteiger partial charge in [0, 0.05) is 43.6 Å². The summed E-state index contributed by atoms with van der Waals surface area (Å²) in [5, 5.41) is 4.29. The van der Waals surface area contributed by atoms with Crippen molar-refractivity contribution in [3.63, 3.8) is 0 Å². The molecule has 0 unspecified atom stereocenters. The van der Waals surface area contributed by atoms with Gasteiger partial charge in [0.2, 0.25) is 5.95 Å². The van der Waals surface area contributed by atoms with Gasteiger partial charge in [-0.3, -0.25) is 4.79 Å². The number of halogens is 4. The van der Waals surface area contributed by atoms with Crippen molar-refractivity contribution in [3.05, 3.63) is 52.5 Å². The third-order valence-electron chi connectivity index (χ3n) is 5.86. The molecule has 0 aliphatic carbocycles. The molecule has 1 aliphatic heterocycles. The molecule has 186 valence electrons. The molecule has 1 amide bonds. The molecule has 0 saturated carbocycles. The second kappa shape index (κ2) is 10.3. The number of alkyl halides is 3. The zero-order chi connectivity index (χ0) is 25.2. The standard InChI is InChI=1S/C24H25BrF3N5O2/c1-32(2)21-17-5-3-4-6-19(17)30-23(31-21)29-14-15-9-11-33(12-10-15)22(34)18-8-7-16(25)13-20(18)35-24(26,27)28/h3-8,13,15H,9-12,14H2,1-2H3,(H,29,30,31). The van der Waals surface area contributed by atoms with Crippen LogP contribution in [0.4, 0.5) is 24.9 Å². The molecule has 0 atom stereocenters. The first kappa shape index (κ1) is 25.0. The molecular formula is C24H25BrF3N5O2. The lowest BCUT2D eigenvalue weighted by Crippen LogP contribution is -2.40. The van der Waals surface area contributed by atoms with Crippen LogP contribution in [-0.2, 0) is 0 Å². The minimum absolute atomic E-state index is 0.108. The molecule has 0 spiro atoms. The molecular weight excluding hydrogens is 527 g/mol. The van der Waals surface area contributed by atoms with E-state index in [1.807, 2.05) is 43.3 Å². The second-order valence-electron chi connectivity index (χ2n) is 8.59. The first-order chi connectivity index (χ1) is 16.6. The summed E-state index contributed by atoms with van der Waals surface area (Å²) < 4.78 is 42.9. The number of rotatable bonds is 6. The molecule has 2 aromatic carbocycles. The van der Waals surface area contributed by atoms with Crippen LogP contribution in [0, 0.1) is 5.92 Å². The van der Waals surface area contributed by atoms with Gasteiger partial charge in [-0.1, -0.05) is 28.1 Å². The summed E-state index contributed by atoms with van der Waals surface area (Å²) in [6.07, 6.45) is -3.47. The van der Waals surface area contributed by atoms with Gasteiger partial charge in [-0.15, -0.1) is 13.2 Å². The van der Waals surface area contributed by atoms with Crippen molar-refractivity contribution < 1.29 is 22.7 Å². The Morgan fingerprint density at radius 3 is 2.57 bits per heavy atom. The van der Waals surface area contributed by atoms with E-state index in [4.69, 9.17) is 0 Å². The molecule has 1 fully saturated rings. The number of hydrogen-bond donors (Lipinski definition) is 1. The minimum Gasteiger partial charge on any atom is -0.405 e. The van der Waals surface area contributed by atoms with Crippen molar-refractivity contribution in [1.82, 2.24) is 14.9 Å². The number of anilines is 2. The van der Waals surface area contributed by atoms with E-state index >= 15 is 0 Å². The van der Waals surface area contributed by atoms with Crippen LogP contribution in [0.1, 0.15) is 23.2 Å². The minimum atomic E-state index is -4.88. The number of ether oxygens (including phenoxy) is 1. The Labute approximate surface area is 209 Å². The van der Waals surface area contributed by atoms with Crippen LogP contribution in [0.2, 0.25) is 0 Å². The third kappa shape index (κ3) is 6.14. The van der Waals surface area contributed by atoms with Crippen LogP contribution in [-0.4, -0.2) is 60.9 Å². The Hall–Kier alpha value is -3.08. The average molecular weight is 552 g/mol. The van der Waals surface area contributed by atoms with Gasteiger partial charge in [-0.2, -0.15) is 4.98 Å². The van der Waals surface area contributed by atoms with Gasteiger partial charge in [-0.05, 0) is 49.1 Å². The number of amides is 1. The molecule has 1 N–H and O–H groups in total. The molecule has 1 saturated heterocycles. The molecule has 7 nitrogen and oxygen atoms in total. The number of carbonyl (C=O) groups is 1. The van der Waals surface area contributed by atoms with Crippen LogP contribution < -0.4 is 15.0 Å². The lowest BCUT2D eigenvalue weighted by Gasteiger charge is -2.32. The molecule has 3 aromatic rings. The molecule has 1 aromatic heterocycles. The third-order valence-corrected chi connectivity index (χ3v) is 6.35. The van der Waals surface area contributed by atoms with E-state index in [2.05, 4.69) is 36.0 Å². The Morgan fingerprint density at radius 1 is 1.17 bits per heavy atom. The molecule has 35 heavy (non-hydrogen) atoms. The summed E-state index contributed by atoms with van der Waals surface area (Å²) in [5.41, 5.74) is 0.739. The van der Waals surface area contributed by atoms with Crippen molar-refractivity contribution >= 4 is 44.5 Å². The summed E-state index contributed by atoms with van der Waals surface area (Å²) in [6, 6.07) is 11.8. The maximum absolute atomic E-state index is 13.0. The van der Waals surface area contributed by atoms with Gasteiger partial charge in [0.1, 0.15) is 11.6 Å². The molecule has 2 heterocycles. The summed E-state index contributed by atoms with van der Waals surface area (Å²) in [5.74, 6) is 0.648. The van der Waals surface area contributed by atoms with E-state index in [1.165, 1.54) is 12.1 Å². The number of nitrogens with zero attached hydrogens (tertiary/aromatic N) is 4. The van der Waals surface area contributed by atoms with E-state index in [0.717, 1.165) is 22.8 Å². The lowest BCUT2D eigenvalue weighted by molar-refractivity contribution is -0.274. The first-order valence-electron chi connectivity index (χ1n) is 11.1. The van der Waals surface area contributed by atoms with Gasteiger partial charge >= 0.3 is 6.36 Å². The maximum Gasteiger partial charge on any atom is 0.573 e. The Bertz CT molecular complexity index is 1210. The zero-order valence-electron chi connectivity index (χ0n) is 19.3. The number of benzene rings is 2. The fourth-order valence-corrected chi connectivity index (χ4v) is 4.45.